The number of thiophene rings is 1. The van der Waals surface area contributed by atoms with E-state index < -0.39 is 0 Å². The van der Waals surface area contributed by atoms with Crippen LogP contribution in [0.4, 0.5) is 0 Å². The van der Waals surface area contributed by atoms with Crippen LogP contribution < -0.4 is 0 Å². The highest BCUT2D eigenvalue weighted by Crippen LogP contribution is 2.11. The minimum absolute atomic E-state index is 0.152. The molecule has 0 saturated heterocycles. The van der Waals surface area contributed by atoms with Gasteiger partial charge in [0.25, 0.3) is 0 Å². The molecule has 2 rings (SSSR count). The molecule has 0 aliphatic heterocycles. The van der Waals surface area contributed by atoms with E-state index in [9.17, 15) is 4.79 Å². The minimum Gasteiger partial charge on any atom is -0.294 e. The second-order valence-corrected chi connectivity index (χ2v) is 4.29. The number of carbonyl (C=O) groups excluding carboxylic acids is 1. The smallest absolute Gasteiger partial charge is 0.169 e. The highest BCUT2D eigenvalue weighted by molar-refractivity contribution is 7.08. The van der Waals surface area contributed by atoms with Gasteiger partial charge in [0.2, 0.25) is 0 Å². The predicted octanol–water partition coefficient (Wildman–Crippen LogP) is 2.22. The second-order valence-electron chi connectivity index (χ2n) is 3.51. The quantitative estimate of drug-likeness (QED) is 0.743. The summed E-state index contributed by atoms with van der Waals surface area (Å²) in [5, 5.41) is 8.01. The first-order chi connectivity index (χ1) is 7.16. The molecular formula is C11H12N2OS. The maximum absolute atomic E-state index is 11.8. The fourth-order valence-electron chi connectivity index (χ4n) is 1.52. The Hall–Kier alpha value is -1.42. The molecule has 2 heterocycles. The molecule has 2 aromatic rings. The van der Waals surface area contributed by atoms with E-state index in [1.807, 2.05) is 36.9 Å². The Morgan fingerprint density at radius 1 is 1.60 bits per heavy atom. The lowest BCUT2D eigenvalue weighted by Crippen LogP contribution is -2.06. The Labute approximate surface area is 92.4 Å². The zero-order valence-electron chi connectivity index (χ0n) is 8.73. The molecule has 0 aliphatic rings. The molecular weight excluding hydrogens is 208 g/mol. The van der Waals surface area contributed by atoms with Crippen LogP contribution in [-0.2, 0) is 13.5 Å². The number of rotatable bonds is 3. The lowest BCUT2D eigenvalue weighted by atomic mass is 10.1. The number of aryl methyl sites for hydroxylation is 2. The van der Waals surface area contributed by atoms with Gasteiger partial charge in [-0.15, -0.1) is 0 Å². The van der Waals surface area contributed by atoms with Crippen molar-refractivity contribution in [3.63, 3.8) is 0 Å². The van der Waals surface area contributed by atoms with E-state index in [2.05, 4.69) is 5.10 Å². The fraction of sp³-hybridized carbons (Fsp3) is 0.273. The van der Waals surface area contributed by atoms with E-state index in [1.54, 1.807) is 16.0 Å². The van der Waals surface area contributed by atoms with Gasteiger partial charge in [0, 0.05) is 23.7 Å². The molecule has 0 aromatic carbocycles. The second kappa shape index (κ2) is 3.98. The number of carbonyl (C=O) groups is 1. The zero-order valence-corrected chi connectivity index (χ0v) is 9.54. The molecule has 0 amide bonds. The van der Waals surface area contributed by atoms with Crippen LogP contribution in [0, 0.1) is 6.92 Å². The molecule has 0 spiro atoms. The molecule has 0 aliphatic carbocycles. The summed E-state index contributed by atoms with van der Waals surface area (Å²) in [6.07, 6.45) is 0.425. The van der Waals surface area contributed by atoms with Crippen LogP contribution in [0.1, 0.15) is 21.7 Å². The lowest BCUT2D eigenvalue weighted by Gasteiger charge is -1.99. The van der Waals surface area contributed by atoms with Crippen molar-refractivity contribution in [3.05, 3.63) is 39.8 Å². The molecule has 0 atom stereocenters. The third kappa shape index (κ3) is 2.15. The number of nitrogens with zero attached hydrogens (tertiary/aromatic N) is 2. The van der Waals surface area contributed by atoms with Gasteiger partial charge in [-0.2, -0.15) is 16.4 Å². The van der Waals surface area contributed by atoms with Gasteiger partial charge in [0.05, 0.1) is 12.1 Å². The number of ketones is 1. The fourth-order valence-corrected chi connectivity index (χ4v) is 2.18. The molecule has 0 bridgehead atoms. The van der Waals surface area contributed by atoms with Crippen LogP contribution in [0.15, 0.2) is 22.9 Å². The highest BCUT2D eigenvalue weighted by Gasteiger charge is 2.10. The third-order valence-corrected chi connectivity index (χ3v) is 2.97. The topological polar surface area (TPSA) is 34.9 Å². The van der Waals surface area contributed by atoms with E-state index in [1.165, 1.54) is 0 Å². The first-order valence-corrected chi connectivity index (χ1v) is 5.66. The van der Waals surface area contributed by atoms with Crippen molar-refractivity contribution in [1.82, 2.24) is 9.78 Å². The number of hydrogen-bond acceptors (Lipinski definition) is 3. The molecule has 0 fully saturated rings. The van der Waals surface area contributed by atoms with E-state index in [4.69, 9.17) is 0 Å². The van der Waals surface area contributed by atoms with Gasteiger partial charge in [-0.25, -0.2) is 0 Å². The summed E-state index contributed by atoms with van der Waals surface area (Å²) in [6, 6.07) is 3.81. The normalized spacial score (nSPS) is 10.5. The molecule has 4 heteroatoms. The summed E-state index contributed by atoms with van der Waals surface area (Å²) in [4.78, 5) is 11.8. The van der Waals surface area contributed by atoms with Crippen molar-refractivity contribution in [1.29, 1.82) is 0 Å². The van der Waals surface area contributed by atoms with Gasteiger partial charge in [-0.1, -0.05) is 0 Å². The van der Waals surface area contributed by atoms with E-state index in [0.29, 0.717) is 6.42 Å². The molecule has 0 saturated carbocycles. The summed E-state index contributed by atoms with van der Waals surface area (Å²) in [5.74, 6) is 0.152. The summed E-state index contributed by atoms with van der Waals surface area (Å²) in [5.41, 5.74) is 2.70. The van der Waals surface area contributed by atoms with Crippen molar-refractivity contribution in [3.8, 4) is 0 Å². The van der Waals surface area contributed by atoms with E-state index >= 15 is 0 Å². The van der Waals surface area contributed by atoms with Crippen molar-refractivity contribution in [2.75, 3.05) is 0 Å². The number of hydrogen-bond donors (Lipinski definition) is 0. The van der Waals surface area contributed by atoms with Crippen LogP contribution in [-0.4, -0.2) is 15.6 Å². The van der Waals surface area contributed by atoms with Crippen molar-refractivity contribution in [2.24, 2.45) is 7.05 Å². The first kappa shape index (κ1) is 10.1. The third-order valence-electron chi connectivity index (χ3n) is 2.28. The maximum atomic E-state index is 11.8. The summed E-state index contributed by atoms with van der Waals surface area (Å²) >= 11 is 1.54. The molecule has 3 nitrogen and oxygen atoms in total. The van der Waals surface area contributed by atoms with Crippen LogP contribution in [0.5, 0.6) is 0 Å². The van der Waals surface area contributed by atoms with Gasteiger partial charge < -0.3 is 0 Å². The Morgan fingerprint density at radius 3 is 2.93 bits per heavy atom. The molecule has 15 heavy (non-hydrogen) atoms. The van der Waals surface area contributed by atoms with Crippen molar-refractivity contribution in [2.45, 2.75) is 13.3 Å². The molecule has 78 valence electrons. The van der Waals surface area contributed by atoms with E-state index in [0.717, 1.165) is 17.0 Å². The standard InChI is InChI=1S/C11H12N2OS/c1-8-5-10(13(2)12-8)6-11(14)9-3-4-15-7-9/h3-5,7H,6H2,1-2H3. The predicted molar refractivity (Wildman–Crippen MR) is 60.3 cm³/mol. The molecule has 0 radical (unpaired) electrons. The summed E-state index contributed by atoms with van der Waals surface area (Å²) < 4.78 is 1.76. The Kier molecular flexibility index (Phi) is 2.68. The zero-order chi connectivity index (χ0) is 10.8. The molecule has 0 N–H and O–H groups in total. The van der Waals surface area contributed by atoms with Gasteiger partial charge >= 0.3 is 0 Å². The minimum atomic E-state index is 0.152. The van der Waals surface area contributed by atoms with Gasteiger partial charge in [-0.3, -0.25) is 9.48 Å². The Bertz CT molecular complexity index is 471. The van der Waals surface area contributed by atoms with Crippen LogP contribution in [0.3, 0.4) is 0 Å². The number of aromatic nitrogens is 2. The van der Waals surface area contributed by atoms with Crippen LogP contribution in [0.2, 0.25) is 0 Å². The van der Waals surface area contributed by atoms with Gasteiger partial charge in [-0.05, 0) is 24.4 Å². The summed E-state index contributed by atoms with van der Waals surface area (Å²) in [7, 11) is 1.86. The average Bonchev–Trinajstić information content (AvgIpc) is 2.76. The van der Waals surface area contributed by atoms with Crippen LogP contribution >= 0.6 is 11.3 Å². The summed E-state index contributed by atoms with van der Waals surface area (Å²) in [6.45, 7) is 1.93. The van der Waals surface area contributed by atoms with Gasteiger partial charge in [0.1, 0.15) is 0 Å². The number of Topliss-reactive ketones (excluding diaryl/α,β-unsaturated/α-hetero) is 1. The SMILES string of the molecule is Cc1cc(CC(=O)c2ccsc2)n(C)n1. The van der Waals surface area contributed by atoms with Crippen LogP contribution in [0.25, 0.3) is 0 Å². The maximum Gasteiger partial charge on any atom is 0.169 e. The lowest BCUT2D eigenvalue weighted by molar-refractivity contribution is 0.0991. The highest BCUT2D eigenvalue weighted by atomic mass is 32.1. The molecule has 0 unspecified atom stereocenters. The first-order valence-electron chi connectivity index (χ1n) is 4.72. The molecule has 2 aromatic heterocycles. The largest absolute Gasteiger partial charge is 0.294 e. The Balaban J connectivity index is 2.16. The van der Waals surface area contributed by atoms with Gasteiger partial charge in [0.15, 0.2) is 5.78 Å². The monoisotopic (exact) mass is 220 g/mol. The Morgan fingerprint density at radius 2 is 2.40 bits per heavy atom. The van der Waals surface area contributed by atoms with Crippen molar-refractivity contribution >= 4 is 17.1 Å². The van der Waals surface area contributed by atoms with Crippen molar-refractivity contribution < 1.29 is 4.79 Å². The van der Waals surface area contributed by atoms with E-state index in [-0.39, 0.29) is 5.78 Å². The average molecular weight is 220 g/mol.